The van der Waals surface area contributed by atoms with Gasteiger partial charge in [-0.1, -0.05) is 31.4 Å². The minimum atomic E-state index is 0.487. The topological polar surface area (TPSA) is 22.1 Å². The van der Waals surface area contributed by atoms with Crippen molar-refractivity contribution in [3.63, 3.8) is 0 Å². The van der Waals surface area contributed by atoms with Crippen LogP contribution in [0.4, 0.5) is 0 Å². The van der Waals surface area contributed by atoms with Crippen LogP contribution in [0.3, 0.4) is 0 Å². The van der Waals surface area contributed by atoms with E-state index in [-0.39, 0.29) is 0 Å². The normalized spacial score (nSPS) is 10.2. The van der Waals surface area contributed by atoms with Gasteiger partial charge in [-0.25, -0.2) is 4.98 Å². The van der Waals surface area contributed by atoms with Gasteiger partial charge in [0.1, 0.15) is 10.9 Å². The third kappa shape index (κ3) is 3.54. The summed E-state index contributed by atoms with van der Waals surface area (Å²) in [6, 6.07) is 1.77. The Morgan fingerprint density at radius 3 is 2.93 bits per heavy atom. The van der Waals surface area contributed by atoms with Crippen molar-refractivity contribution in [1.29, 1.82) is 0 Å². The Labute approximate surface area is 90.3 Å². The Kier molecular flexibility index (Phi) is 4.74. The number of hydrogen-bond donors (Lipinski definition) is 0. The minimum absolute atomic E-state index is 0.487. The zero-order valence-electron chi connectivity index (χ0n) is 8.72. The highest BCUT2D eigenvalue weighted by Gasteiger charge is 2.00. The molecule has 14 heavy (non-hydrogen) atoms. The molecule has 1 aromatic rings. The van der Waals surface area contributed by atoms with Crippen LogP contribution in [0.15, 0.2) is 12.3 Å². The maximum absolute atomic E-state index is 5.77. The first kappa shape index (κ1) is 11.3. The van der Waals surface area contributed by atoms with Gasteiger partial charge >= 0.3 is 0 Å². The van der Waals surface area contributed by atoms with Crippen LogP contribution in [0.1, 0.15) is 31.7 Å². The molecule has 78 valence electrons. The molecule has 2 nitrogen and oxygen atoms in total. The van der Waals surface area contributed by atoms with Crippen LogP contribution < -0.4 is 4.74 Å². The van der Waals surface area contributed by atoms with Crippen molar-refractivity contribution in [2.24, 2.45) is 0 Å². The molecule has 0 N–H and O–H groups in total. The highest BCUT2D eigenvalue weighted by atomic mass is 35.5. The van der Waals surface area contributed by atoms with Crippen molar-refractivity contribution in [2.75, 3.05) is 6.61 Å². The fraction of sp³-hybridized carbons (Fsp3) is 0.545. The molecule has 0 fully saturated rings. The number of ether oxygens (including phenoxy) is 1. The van der Waals surface area contributed by atoms with Gasteiger partial charge in [-0.15, -0.1) is 0 Å². The number of aryl methyl sites for hydroxylation is 1. The number of aromatic nitrogens is 1. The second kappa shape index (κ2) is 5.86. The minimum Gasteiger partial charge on any atom is -0.493 e. The lowest BCUT2D eigenvalue weighted by Crippen LogP contribution is -1.99. The third-order valence-electron chi connectivity index (χ3n) is 2.03. The van der Waals surface area contributed by atoms with Crippen molar-refractivity contribution in [3.8, 4) is 5.75 Å². The second-order valence-electron chi connectivity index (χ2n) is 3.33. The Balaban J connectivity index is 2.45. The highest BCUT2D eigenvalue weighted by Crippen LogP contribution is 2.20. The predicted molar refractivity (Wildman–Crippen MR) is 59.0 cm³/mol. The van der Waals surface area contributed by atoms with Crippen LogP contribution in [0.25, 0.3) is 0 Å². The van der Waals surface area contributed by atoms with Crippen molar-refractivity contribution in [1.82, 2.24) is 4.98 Å². The Hall–Kier alpha value is -0.760. The standard InChI is InChI=1S/C11H16ClNO/c1-3-4-5-6-14-10-7-11(12)13-8-9(10)2/h7-8H,3-6H2,1-2H3. The molecule has 0 bridgehead atoms. The Bertz CT molecular complexity index is 289. The third-order valence-corrected chi connectivity index (χ3v) is 2.23. The van der Waals surface area contributed by atoms with Crippen LogP contribution in [0, 0.1) is 6.92 Å². The van der Waals surface area contributed by atoms with Crippen molar-refractivity contribution in [3.05, 3.63) is 23.0 Å². The first-order valence-corrected chi connectivity index (χ1v) is 5.36. The summed E-state index contributed by atoms with van der Waals surface area (Å²) in [6.07, 6.45) is 5.24. The average Bonchev–Trinajstić information content (AvgIpc) is 2.18. The van der Waals surface area contributed by atoms with Gasteiger partial charge in [0.2, 0.25) is 0 Å². The van der Waals surface area contributed by atoms with E-state index in [9.17, 15) is 0 Å². The molecule has 1 rings (SSSR count). The molecule has 0 atom stereocenters. The average molecular weight is 214 g/mol. The first-order valence-electron chi connectivity index (χ1n) is 4.99. The van der Waals surface area contributed by atoms with E-state index in [0.717, 1.165) is 24.3 Å². The van der Waals surface area contributed by atoms with E-state index in [0.29, 0.717) is 5.15 Å². The SMILES string of the molecule is CCCCCOc1cc(Cl)ncc1C. The molecular weight excluding hydrogens is 198 g/mol. The maximum Gasteiger partial charge on any atom is 0.132 e. The second-order valence-corrected chi connectivity index (χ2v) is 3.72. The van der Waals surface area contributed by atoms with E-state index >= 15 is 0 Å². The van der Waals surface area contributed by atoms with Gasteiger partial charge < -0.3 is 4.74 Å². The molecule has 1 heterocycles. The number of unbranched alkanes of at least 4 members (excludes halogenated alkanes) is 2. The van der Waals surface area contributed by atoms with Crippen LogP contribution in [-0.4, -0.2) is 11.6 Å². The van der Waals surface area contributed by atoms with Crippen LogP contribution in [0.5, 0.6) is 5.75 Å². The van der Waals surface area contributed by atoms with Crippen LogP contribution in [0.2, 0.25) is 5.15 Å². The molecule has 0 saturated heterocycles. The lowest BCUT2D eigenvalue weighted by molar-refractivity contribution is 0.304. The summed E-state index contributed by atoms with van der Waals surface area (Å²) in [5.41, 5.74) is 1.03. The molecule has 0 aliphatic rings. The summed E-state index contributed by atoms with van der Waals surface area (Å²) >= 11 is 5.77. The van der Waals surface area contributed by atoms with E-state index in [4.69, 9.17) is 16.3 Å². The van der Waals surface area contributed by atoms with E-state index in [1.807, 2.05) is 6.92 Å². The van der Waals surface area contributed by atoms with Gasteiger partial charge in [0.05, 0.1) is 6.61 Å². The smallest absolute Gasteiger partial charge is 0.132 e. The summed E-state index contributed by atoms with van der Waals surface area (Å²) in [5, 5.41) is 0.487. The van der Waals surface area contributed by atoms with Crippen LogP contribution >= 0.6 is 11.6 Å². The molecule has 3 heteroatoms. The molecule has 0 amide bonds. The van der Waals surface area contributed by atoms with Crippen molar-refractivity contribution in [2.45, 2.75) is 33.1 Å². The van der Waals surface area contributed by atoms with Gasteiger partial charge in [0, 0.05) is 17.8 Å². The number of nitrogens with zero attached hydrogens (tertiary/aromatic N) is 1. The number of halogens is 1. The summed E-state index contributed by atoms with van der Waals surface area (Å²) in [4.78, 5) is 3.97. The summed E-state index contributed by atoms with van der Waals surface area (Å²) in [5.74, 6) is 0.848. The number of hydrogen-bond acceptors (Lipinski definition) is 2. The Morgan fingerprint density at radius 1 is 1.43 bits per heavy atom. The van der Waals surface area contributed by atoms with E-state index in [2.05, 4.69) is 11.9 Å². The molecule has 0 unspecified atom stereocenters. The number of pyridine rings is 1. The van der Waals surface area contributed by atoms with Crippen molar-refractivity contribution >= 4 is 11.6 Å². The zero-order valence-corrected chi connectivity index (χ0v) is 9.47. The van der Waals surface area contributed by atoms with E-state index in [1.165, 1.54) is 12.8 Å². The van der Waals surface area contributed by atoms with Gasteiger partial charge in [-0.2, -0.15) is 0 Å². The van der Waals surface area contributed by atoms with Gasteiger partial charge in [-0.3, -0.25) is 0 Å². The lowest BCUT2D eigenvalue weighted by Gasteiger charge is -2.08. The molecule has 0 aliphatic carbocycles. The molecule has 1 aromatic heterocycles. The zero-order chi connectivity index (χ0) is 10.4. The molecule has 0 saturated carbocycles. The molecule has 0 aromatic carbocycles. The highest BCUT2D eigenvalue weighted by molar-refractivity contribution is 6.29. The predicted octanol–water partition coefficient (Wildman–Crippen LogP) is 3.61. The van der Waals surface area contributed by atoms with Gasteiger partial charge in [0.15, 0.2) is 0 Å². The summed E-state index contributed by atoms with van der Waals surface area (Å²) in [7, 11) is 0. The summed E-state index contributed by atoms with van der Waals surface area (Å²) < 4.78 is 5.60. The largest absolute Gasteiger partial charge is 0.493 e. The maximum atomic E-state index is 5.77. The fourth-order valence-corrected chi connectivity index (χ4v) is 1.32. The lowest BCUT2D eigenvalue weighted by atomic mass is 10.2. The van der Waals surface area contributed by atoms with Crippen LogP contribution in [-0.2, 0) is 0 Å². The molecular formula is C11H16ClNO. The quantitative estimate of drug-likeness (QED) is 0.551. The van der Waals surface area contributed by atoms with E-state index in [1.54, 1.807) is 12.3 Å². The van der Waals surface area contributed by atoms with E-state index < -0.39 is 0 Å². The fourth-order valence-electron chi connectivity index (χ4n) is 1.17. The monoisotopic (exact) mass is 213 g/mol. The molecule has 0 aliphatic heterocycles. The molecule has 0 radical (unpaired) electrons. The summed E-state index contributed by atoms with van der Waals surface area (Å²) in [6.45, 7) is 4.90. The molecule has 0 spiro atoms. The van der Waals surface area contributed by atoms with Gasteiger partial charge in [0.25, 0.3) is 0 Å². The number of rotatable bonds is 5. The van der Waals surface area contributed by atoms with Crippen molar-refractivity contribution < 1.29 is 4.74 Å². The van der Waals surface area contributed by atoms with Gasteiger partial charge in [-0.05, 0) is 13.3 Å². The first-order chi connectivity index (χ1) is 6.74. The Morgan fingerprint density at radius 2 is 2.21 bits per heavy atom.